The molecule has 1 aliphatic carbocycles. The highest BCUT2D eigenvalue weighted by molar-refractivity contribution is 5.92. The number of amides is 1. The van der Waals surface area contributed by atoms with Crippen molar-refractivity contribution in [3.63, 3.8) is 0 Å². The maximum Gasteiger partial charge on any atom is 0.227 e. The molecule has 0 unspecified atom stereocenters. The molecule has 0 atom stereocenters. The van der Waals surface area contributed by atoms with Crippen molar-refractivity contribution in [3.05, 3.63) is 24.5 Å². The van der Waals surface area contributed by atoms with Crippen molar-refractivity contribution in [2.75, 3.05) is 5.32 Å². The van der Waals surface area contributed by atoms with Crippen molar-refractivity contribution < 1.29 is 4.79 Å². The molecule has 1 saturated heterocycles. The number of nitrogens with one attached hydrogen (secondary N) is 3. The number of hydrazine groups is 1. The zero-order chi connectivity index (χ0) is 13.3. The second kappa shape index (κ2) is 4.90. The van der Waals surface area contributed by atoms with Gasteiger partial charge in [-0.1, -0.05) is 0 Å². The van der Waals surface area contributed by atoms with E-state index in [4.69, 9.17) is 0 Å². The molecular weight excluding hydrogens is 240 g/mol. The summed E-state index contributed by atoms with van der Waals surface area (Å²) in [5.41, 5.74) is 7.36. The third-order valence-electron chi connectivity index (χ3n) is 4.38. The van der Waals surface area contributed by atoms with Gasteiger partial charge in [0.1, 0.15) is 0 Å². The number of carbonyl (C=O) groups excluding carboxylic acids is 1. The van der Waals surface area contributed by atoms with Crippen LogP contribution in [0.4, 0.5) is 5.69 Å². The highest BCUT2D eigenvalue weighted by atomic mass is 16.1. The van der Waals surface area contributed by atoms with E-state index in [0.717, 1.165) is 31.4 Å². The van der Waals surface area contributed by atoms with E-state index in [2.05, 4.69) is 28.1 Å². The van der Waals surface area contributed by atoms with Gasteiger partial charge in [0.05, 0.1) is 5.66 Å². The molecule has 2 heterocycles. The quantitative estimate of drug-likeness (QED) is 0.721. The van der Waals surface area contributed by atoms with E-state index in [1.165, 1.54) is 0 Å². The maximum atomic E-state index is 12.2. The summed E-state index contributed by atoms with van der Waals surface area (Å²) in [6.45, 7) is 2.19. The highest BCUT2D eigenvalue weighted by Gasteiger charge is 2.45. The topological polar surface area (TPSA) is 85.9 Å². The largest absolute Gasteiger partial charge is 0.326 e. The monoisotopic (exact) mass is 260 g/mol. The average molecular weight is 260 g/mol. The molecule has 1 aromatic rings. The van der Waals surface area contributed by atoms with E-state index >= 15 is 0 Å². The lowest BCUT2D eigenvalue weighted by Crippen LogP contribution is -2.33. The number of hydrogen-bond acceptors (Lipinski definition) is 4. The Kier molecular flexibility index (Phi) is 3.24. The van der Waals surface area contributed by atoms with Crippen LogP contribution in [0.2, 0.25) is 0 Å². The number of rotatable bonds is 3. The third kappa shape index (κ3) is 2.77. The lowest BCUT2D eigenvalue weighted by molar-refractivity contribution is -0.121. The summed E-state index contributed by atoms with van der Waals surface area (Å²) in [6.07, 6.45) is 7.53. The van der Waals surface area contributed by atoms with E-state index in [1.54, 1.807) is 12.4 Å². The Morgan fingerprint density at radius 2 is 1.89 bits per heavy atom. The number of hydrogen-bond donors (Lipinski definition) is 3. The minimum absolute atomic E-state index is 0.118. The number of anilines is 1. The van der Waals surface area contributed by atoms with Gasteiger partial charge in [-0.25, -0.2) is 10.9 Å². The van der Waals surface area contributed by atoms with Crippen molar-refractivity contribution >= 4 is 11.6 Å². The second-order valence-corrected chi connectivity index (χ2v) is 5.73. The zero-order valence-corrected chi connectivity index (χ0v) is 11.1. The molecule has 3 rings (SSSR count). The number of nitrogens with zero attached hydrogens (tertiary/aromatic N) is 1. The normalized spacial score (nSPS) is 28.7. The Labute approximate surface area is 113 Å². The van der Waals surface area contributed by atoms with Crippen LogP contribution in [0.1, 0.15) is 32.6 Å². The fraction of sp³-hybridized carbons (Fsp3) is 0.571. The smallest absolute Gasteiger partial charge is 0.227 e. The van der Waals surface area contributed by atoms with E-state index in [1.807, 2.05) is 12.1 Å². The van der Waals surface area contributed by atoms with Crippen molar-refractivity contribution in [1.82, 2.24) is 15.8 Å². The Bertz CT molecular complexity index is 450. The Morgan fingerprint density at radius 1 is 1.26 bits per heavy atom. The molecule has 0 radical (unpaired) electrons. The van der Waals surface area contributed by atoms with Crippen LogP contribution in [0.3, 0.4) is 0 Å². The minimum atomic E-state index is 0.118. The van der Waals surface area contributed by atoms with E-state index in [9.17, 15) is 4.79 Å². The fourth-order valence-electron chi connectivity index (χ4n) is 2.92. The first-order chi connectivity index (χ1) is 9.17. The summed E-state index contributed by atoms with van der Waals surface area (Å²) in [6, 6.07) is 3.64. The van der Waals surface area contributed by atoms with E-state index < -0.39 is 0 Å². The first-order valence-corrected chi connectivity index (χ1v) is 6.92. The summed E-state index contributed by atoms with van der Waals surface area (Å²) in [7, 11) is 0. The van der Waals surface area contributed by atoms with Crippen LogP contribution in [0.15, 0.2) is 24.5 Å². The third-order valence-corrected chi connectivity index (χ3v) is 4.38. The first kappa shape index (κ1) is 12.6. The number of aromatic nitrogens is 1. The van der Waals surface area contributed by atoms with Gasteiger partial charge in [0.2, 0.25) is 5.91 Å². The van der Waals surface area contributed by atoms with Crippen LogP contribution in [0.5, 0.6) is 0 Å². The van der Waals surface area contributed by atoms with Gasteiger partial charge >= 0.3 is 0 Å². The summed E-state index contributed by atoms with van der Waals surface area (Å²) < 4.78 is 0. The van der Waals surface area contributed by atoms with E-state index in [-0.39, 0.29) is 17.5 Å². The van der Waals surface area contributed by atoms with Gasteiger partial charge < -0.3 is 5.32 Å². The molecule has 2 aliphatic rings. The predicted octanol–water partition coefficient (Wildman–Crippen LogP) is 1.65. The predicted molar refractivity (Wildman–Crippen MR) is 73.0 cm³/mol. The van der Waals surface area contributed by atoms with Crippen molar-refractivity contribution in [1.29, 1.82) is 0 Å². The summed E-state index contributed by atoms with van der Waals surface area (Å²) >= 11 is 0. The number of carbonyl (C=O) groups is 1. The van der Waals surface area contributed by atoms with Gasteiger partial charge in [-0.2, -0.15) is 0 Å². The molecule has 1 amide bonds. The molecule has 5 nitrogen and oxygen atoms in total. The van der Waals surface area contributed by atoms with Crippen molar-refractivity contribution in [2.24, 2.45) is 11.8 Å². The Balaban J connectivity index is 1.52. The molecule has 0 bridgehead atoms. The molecular formula is C14H20N4O. The standard InChI is InChI=1S/C14H20N4O/c1-14(17-18-14)11-4-2-10(3-5-11)13(19)16-12-6-8-15-9-7-12/h6-11,17-18H,2-5H2,1H3,(H,15,16,19). The van der Waals surface area contributed by atoms with Crippen molar-refractivity contribution in [2.45, 2.75) is 38.3 Å². The van der Waals surface area contributed by atoms with Crippen LogP contribution in [0, 0.1) is 11.8 Å². The molecule has 5 heteroatoms. The molecule has 2 fully saturated rings. The molecule has 0 aromatic carbocycles. The van der Waals surface area contributed by atoms with Crippen LogP contribution in [0.25, 0.3) is 0 Å². The molecule has 102 valence electrons. The lowest BCUT2D eigenvalue weighted by atomic mass is 9.77. The molecule has 0 spiro atoms. The Morgan fingerprint density at radius 3 is 2.47 bits per heavy atom. The summed E-state index contributed by atoms with van der Waals surface area (Å²) in [4.78, 5) is 16.1. The maximum absolute atomic E-state index is 12.2. The van der Waals surface area contributed by atoms with Gasteiger partial charge in [-0.3, -0.25) is 9.78 Å². The van der Waals surface area contributed by atoms with Gasteiger partial charge in [-0.15, -0.1) is 0 Å². The average Bonchev–Trinajstić information content (AvgIpc) is 3.19. The van der Waals surface area contributed by atoms with Crippen LogP contribution in [-0.2, 0) is 4.79 Å². The molecule has 1 aromatic heterocycles. The summed E-state index contributed by atoms with van der Waals surface area (Å²) in [5, 5.41) is 2.97. The molecule has 19 heavy (non-hydrogen) atoms. The van der Waals surface area contributed by atoms with Crippen LogP contribution in [-0.4, -0.2) is 16.6 Å². The van der Waals surface area contributed by atoms with Crippen molar-refractivity contribution in [3.8, 4) is 0 Å². The van der Waals surface area contributed by atoms with Gasteiger partial charge in [0.15, 0.2) is 0 Å². The van der Waals surface area contributed by atoms with Gasteiger partial charge in [0, 0.05) is 24.0 Å². The number of pyridine rings is 1. The molecule has 1 aliphatic heterocycles. The zero-order valence-electron chi connectivity index (χ0n) is 11.1. The first-order valence-electron chi connectivity index (χ1n) is 6.92. The van der Waals surface area contributed by atoms with Crippen LogP contribution < -0.4 is 16.2 Å². The van der Waals surface area contributed by atoms with Gasteiger partial charge in [-0.05, 0) is 50.7 Å². The SMILES string of the molecule is CC1(C2CCC(C(=O)Nc3ccncc3)CC2)NN1. The van der Waals surface area contributed by atoms with Gasteiger partial charge in [0.25, 0.3) is 0 Å². The minimum Gasteiger partial charge on any atom is -0.326 e. The Hall–Kier alpha value is -1.46. The molecule has 1 saturated carbocycles. The van der Waals surface area contributed by atoms with Crippen LogP contribution >= 0.6 is 0 Å². The lowest BCUT2D eigenvalue weighted by Gasteiger charge is -2.30. The second-order valence-electron chi connectivity index (χ2n) is 5.73. The molecule has 3 N–H and O–H groups in total. The fourth-order valence-corrected chi connectivity index (χ4v) is 2.92. The van der Waals surface area contributed by atoms with E-state index in [0.29, 0.717) is 5.92 Å². The highest BCUT2D eigenvalue weighted by Crippen LogP contribution is 2.37. The summed E-state index contributed by atoms with van der Waals surface area (Å²) in [5.74, 6) is 0.927.